The molecule has 2 unspecified atom stereocenters. The van der Waals surface area contributed by atoms with Gasteiger partial charge in [-0.25, -0.2) is 0 Å². The summed E-state index contributed by atoms with van der Waals surface area (Å²) < 4.78 is 0. The van der Waals surface area contributed by atoms with Gasteiger partial charge in [-0.05, 0) is 44.0 Å². The van der Waals surface area contributed by atoms with Gasteiger partial charge in [-0.3, -0.25) is 4.90 Å². The molecule has 1 fully saturated rings. The lowest BCUT2D eigenvalue weighted by atomic mass is 9.83. The Morgan fingerprint density at radius 3 is 2.79 bits per heavy atom. The average molecular weight is 257 g/mol. The number of nitriles is 1. The second-order valence-corrected chi connectivity index (χ2v) is 5.53. The Hall–Kier alpha value is -1.37. The lowest BCUT2D eigenvalue weighted by Crippen LogP contribution is -2.42. The fraction of sp³-hybridized carbons (Fsp3) is 0.562. The Morgan fingerprint density at radius 2 is 2.05 bits per heavy atom. The van der Waals surface area contributed by atoms with Gasteiger partial charge in [-0.1, -0.05) is 31.0 Å². The minimum atomic E-state index is 0.561. The standard InChI is InChI=1S/C16H23N3/c1-19(16-9-5-4-7-14(16)11-18)12-15-8-3-2-6-13(15)10-17/h2-3,6,8,14,16H,4-5,7,9,11-12,18H2,1H3. The maximum absolute atomic E-state index is 9.15. The number of rotatable bonds is 4. The zero-order chi connectivity index (χ0) is 13.7. The first-order valence-electron chi connectivity index (χ1n) is 7.14. The van der Waals surface area contributed by atoms with Crippen LogP contribution in [0.3, 0.4) is 0 Å². The zero-order valence-corrected chi connectivity index (χ0v) is 11.7. The second kappa shape index (κ2) is 6.70. The van der Waals surface area contributed by atoms with E-state index in [-0.39, 0.29) is 0 Å². The molecule has 2 N–H and O–H groups in total. The predicted octanol–water partition coefficient (Wildman–Crippen LogP) is 2.51. The molecule has 1 aromatic carbocycles. The van der Waals surface area contributed by atoms with Crippen LogP contribution >= 0.6 is 0 Å². The van der Waals surface area contributed by atoms with E-state index < -0.39 is 0 Å². The molecule has 102 valence electrons. The fourth-order valence-corrected chi connectivity index (χ4v) is 3.20. The summed E-state index contributed by atoms with van der Waals surface area (Å²) in [6.07, 6.45) is 5.07. The van der Waals surface area contributed by atoms with Crippen molar-refractivity contribution in [1.82, 2.24) is 4.90 Å². The highest BCUT2D eigenvalue weighted by Crippen LogP contribution is 2.28. The lowest BCUT2D eigenvalue weighted by Gasteiger charge is -2.37. The van der Waals surface area contributed by atoms with Gasteiger partial charge in [-0.2, -0.15) is 5.26 Å². The van der Waals surface area contributed by atoms with Gasteiger partial charge in [0.25, 0.3) is 0 Å². The first kappa shape index (κ1) is 14.0. The van der Waals surface area contributed by atoms with Crippen molar-refractivity contribution in [3.8, 4) is 6.07 Å². The normalized spacial score (nSPS) is 23.3. The molecule has 0 saturated heterocycles. The van der Waals surface area contributed by atoms with Crippen molar-refractivity contribution in [2.75, 3.05) is 13.6 Å². The van der Waals surface area contributed by atoms with Gasteiger partial charge in [0.2, 0.25) is 0 Å². The van der Waals surface area contributed by atoms with Gasteiger partial charge < -0.3 is 5.73 Å². The molecule has 0 aliphatic heterocycles. The van der Waals surface area contributed by atoms with Gasteiger partial charge in [0.1, 0.15) is 0 Å². The van der Waals surface area contributed by atoms with Crippen LogP contribution in [0, 0.1) is 17.2 Å². The molecular weight excluding hydrogens is 234 g/mol. The van der Waals surface area contributed by atoms with Crippen molar-refractivity contribution >= 4 is 0 Å². The van der Waals surface area contributed by atoms with Crippen molar-refractivity contribution in [3.05, 3.63) is 35.4 Å². The van der Waals surface area contributed by atoms with E-state index in [2.05, 4.69) is 24.1 Å². The summed E-state index contributed by atoms with van der Waals surface area (Å²) in [6.45, 7) is 1.61. The van der Waals surface area contributed by atoms with Crippen LogP contribution in [0.2, 0.25) is 0 Å². The van der Waals surface area contributed by atoms with E-state index in [1.807, 2.05) is 18.2 Å². The summed E-state index contributed by atoms with van der Waals surface area (Å²) in [6, 6.07) is 10.7. The molecule has 1 aliphatic rings. The summed E-state index contributed by atoms with van der Waals surface area (Å²) in [5.41, 5.74) is 7.81. The molecule has 0 bridgehead atoms. The van der Waals surface area contributed by atoms with Crippen LogP contribution in [0.1, 0.15) is 36.8 Å². The van der Waals surface area contributed by atoms with E-state index in [0.717, 1.165) is 24.2 Å². The van der Waals surface area contributed by atoms with E-state index in [0.29, 0.717) is 12.0 Å². The highest BCUT2D eigenvalue weighted by Gasteiger charge is 2.27. The van der Waals surface area contributed by atoms with E-state index >= 15 is 0 Å². The van der Waals surface area contributed by atoms with E-state index in [9.17, 15) is 0 Å². The van der Waals surface area contributed by atoms with E-state index in [1.165, 1.54) is 25.7 Å². The average Bonchev–Trinajstić information content (AvgIpc) is 2.47. The molecule has 19 heavy (non-hydrogen) atoms. The number of hydrogen-bond acceptors (Lipinski definition) is 3. The predicted molar refractivity (Wildman–Crippen MR) is 77.4 cm³/mol. The first-order chi connectivity index (χ1) is 9.26. The van der Waals surface area contributed by atoms with Gasteiger partial charge in [0, 0.05) is 12.6 Å². The summed E-state index contributed by atoms with van der Waals surface area (Å²) >= 11 is 0. The van der Waals surface area contributed by atoms with Crippen LogP contribution in [0.5, 0.6) is 0 Å². The fourth-order valence-electron chi connectivity index (χ4n) is 3.20. The molecule has 3 nitrogen and oxygen atoms in total. The molecule has 0 spiro atoms. The van der Waals surface area contributed by atoms with Crippen molar-refractivity contribution in [3.63, 3.8) is 0 Å². The van der Waals surface area contributed by atoms with Crippen LogP contribution in [0.25, 0.3) is 0 Å². The summed E-state index contributed by atoms with van der Waals surface area (Å²) in [4.78, 5) is 2.38. The molecule has 1 saturated carbocycles. The summed E-state index contributed by atoms with van der Waals surface area (Å²) in [5.74, 6) is 0.605. The number of benzene rings is 1. The third-order valence-corrected chi connectivity index (χ3v) is 4.30. The second-order valence-electron chi connectivity index (χ2n) is 5.53. The Labute approximate surface area is 116 Å². The smallest absolute Gasteiger partial charge is 0.0995 e. The Morgan fingerprint density at radius 1 is 1.32 bits per heavy atom. The van der Waals surface area contributed by atoms with Crippen LogP contribution in [0.4, 0.5) is 0 Å². The molecule has 0 aromatic heterocycles. The molecule has 2 rings (SSSR count). The third kappa shape index (κ3) is 3.34. The van der Waals surface area contributed by atoms with Crippen LogP contribution in [0.15, 0.2) is 24.3 Å². The molecule has 1 aliphatic carbocycles. The highest BCUT2D eigenvalue weighted by atomic mass is 15.1. The Kier molecular flexibility index (Phi) is 4.95. The molecule has 1 aromatic rings. The van der Waals surface area contributed by atoms with Crippen molar-refractivity contribution in [2.45, 2.75) is 38.3 Å². The van der Waals surface area contributed by atoms with Crippen LogP contribution in [-0.2, 0) is 6.54 Å². The van der Waals surface area contributed by atoms with Crippen LogP contribution in [-0.4, -0.2) is 24.5 Å². The van der Waals surface area contributed by atoms with Gasteiger partial charge in [0.05, 0.1) is 11.6 Å². The van der Waals surface area contributed by atoms with Gasteiger partial charge in [0.15, 0.2) is 0 Å². The van der Waals surface area contributed by atoms with Gasteiger partial charge in [-0.15, -0.1) is 0 Å². The number of nitrogens with zero attached hydrogens (tertiary/aromatic N) is 2. The summed E-state index contributed by atoms with van der Waals surface area (Å²) in [7, 11) is 2.16. The molecule has 0 heterocycles. The number of nitrogens with two attached hydrogens (primary N) is 1. The lowest BCUT2D eigenvalue weighted by molar-refractivity contribution is 0.127. The minimum Gasteiger partial charge on any atom is -0.330 e. The van der Waals surface area contributed by atoms with Crippen molar-refractivity contribution < 1.29 is 0 Å². The quantitative estimate of drug-likeness (QED) is 0.901. The number of hydrogen-bond donors (Lipinski definition) is 1. The van der Waals surface area contributed by atoms with E-state index in [4.69, 9.17) is 11.0 Å². The van der Waals surface area contributed by atoms with Crippen molar-refractivity contribution in [2.24, 2.45) is 11.7 Å². The molecular formula is C16H23N3. The third-order valence-electron chi connectivity index (χ3n) is 4.30. The SMILES string of the molecule is CN(Cc1ccccc1C#N)C1CCCCC1CN. The monoisotopic (exact) mass is 257 g/mol. The molecule has 0 radical (unpaired) electrons. The Bertz CT molecular complexity index is 450. The molecule has 0 amide bonds. The largest absolute Gasteiger partial charge is 0.330 e. The molecule has 3 heteroatoms. The molecule has 2 atom stereocenters. The Balaban J connectivity index is 2.07. The first-order valence-corrected chi connectivity index (χ1v) is 7.14. The highest BCUT2D eigenvalue weighted by molar-refractivity contribution is 5.37. The van der Waals surface area contributed by atoms with E-state index in [1.54, 1.807) is 0 Å². The maximum atomic E-state index is 9.15. The minimum absolute atomic E-state index is 0.561. The maximum Gasteiger partial charge on any atom is 0.0995 e. The topological polar surface area (TPSA) is 53.0 Å². The van der Waals surface area contributed by atoms with Gasteiger partial charge >= 0.3 is 0 Å². The zero-order valence-electron chi connectivity index (χ0n) is 11.7. The summed E-state index contributed by atoms with van der Waals surface area (Å²) in [5, 5.41) is 9.15. The van der Waals surface area contributed by atoms with Crippen molar-refractivity contribution in [1.29, 1.82) is 5.26 Å². The van der Waals surface area contributed by atoms with Crippen LogP contribution < -0.4 is 5.73 Å².